The van der Waals surface area contributed by atoms with Crippen LogP contribution >= 0.6 is 0 Å². The quantitative estimate of drug-likeness (QED) is 0.823. The van der Waals surface area contributed by atoms with Gasteiger partial charge in [0.05, 0.1) is 13.5 Å². The molecular weight excluding hydrogens is 202 g/mol. The third kappa shape index (κ3) is 3.93. The van der Waals surface area contributed by atoms with Crippen LogP contribution in [-0.2, 0) is 11.2 Å². The SMILES string of the molecule is CCC(C)NC(=O)Cc1cc[c]c(OC)c1. The average Bonchev–Trinajstić information content (AvgIpc) is 2.28. The normalized spacial score (nSPS) is 11.9. The Hall–Kier alpha value is -1.51. The fourth-order valence-electron chi connectivity index (χ4n) is 1.33. The number of benzene rings is 1. The lowest BCUT2D eigenvalue weighted by Gasteiger charge is -2.11. The second-order valence-corrected chi connectivity index (χ2v) is 3.82. The molecule has 3 nitrogen and oxygen atoms in total. The molecule has 1 aromatic carbocycles. The highest BCUT2D eigenvalue weighted by molar-refractivity contribution is 5.78. The Morgan fingerprint density at radius 3 is 3.00 bits per heavy atom. The summed E-state index contributed by atoms with van der Waals surface area (Å²) in [6, 6.07) is 8.63. The molecule has 3 heteroatoms. The highest BCUT2D eigenvalue weighted by atomic mass is 16.5. The molecule has 0 saturated heterocycles. The van der Waals surface area contributed by atoms with Gasteiger partial charge < -0.3 is 10.1 Å². The van der Waals surface area contributed by atoms with E-state index in [1.54, 1.807) is 13.2 Å². The molecule has 1 N–H and O–H groups in total. The van der Waals surface area contributed by atoms with Gasteiger partial charge in [0.2, 0.25) is 5.91 Å². The summed E-state index contributed by atoms with van der Waals surface area (Å²) in [4.78, 5) is 11.6. The molecule has 0 bridgehead atoms. The molecule has 1 aromatic rings. The van der Waals surface area contributed by atoms with E-state index in [9.17, 15) is 4.79 Å². The van der Waals surface area contributed by atoms with E-state index >= 15 is 0 Å². The number of methoxy groups -OCH3 is 1. The Bertz CT molecular complexity index is 350. The van der Waals surface area contributed by atoms with Crippen molar-refractivity contribution in [3.05, 3.63) is 29.8 Å². The molecule has 87 valence electrons. The van der Waals surface area contributed by atoms with Gasteiger partial charge in [0, 0.05) is 12.1 Å². The van der Waals surface area contributed by atoms with E-state index in [2.05, 4.69) is 11.4 Å². The molecule has 1 amide bonds. The molecular formula is C13H18NO2. The maximum Gasteiger partial charge on any atom is 0.224 e. The number of ether oxygens (including phenoxy) is 1. The number of carbonyl (C=O) groups excluding carboxylic acids is 1. The van der Waals surface area contributed by atoms with Crippen molar-refractivity contribution in [3.8, 4) is 5.75 Å². The van der Waals surface area contributed by atoms with Gasteiger partial charge in [-0.15, -0.1) is 0 Å². The predicted molar refractivity (Wildman–Crippen MR) is 63.4 cm³/mol. The first kappa shape index (κ1) is 12.6. The first-order valence-corrected chi connectivity index (χ1v) is 5.49. The lowest BCUT2D eigenvalue weighted by atomic mass is 10.1. The zero-order valence-corrected chi connectivity index (χ0v) is 10.0. The van der Waals surface area contributed by atoms with Gasteiger partial charge in [0.25, 0.3) is 0 Å². The second-order valence-electron chi connectivity index (χ2n) is 3.82. The van der Waals surface area contributed by atoms with Crippen LogP contribution in [0, 0.1) is 6.07 Å². The summed E-state index contributed by atoms with van der Waals surface area (Å²) in [6.45, 7) is 4.04. The van der Waals surface area contributed by atoms with Gasteiger partial charge in [-0.05, 0) is 25.0 Å². The molecule has 1 unspecified atom stereocenters. The lowest BCUT2D eigenvalue weighted by Crippen LogP contribution is -2.33. The van der Waals surface area contributed by atoms with Crippen LogP contribution < -0.4 is 10.1 Å². The zero-order valence-electron chi connectivity index (χ0n) is 10.0. The van der Waals surface area contributed by atoms with E-state index in [0.717, 1.165) is 12.0 Å². The summed E-state index contributed by atoms with van der Waals surface area (Å²) >= 11 is 0. The zero-order chi connectivity index (χ0) is 12.0. The molecule has 1 atom stereocenters. The molecule has 0 saturated carbocycles. The molecule has 0 aliphatic rings. The van der Waals surface area contributed by atoms with E-state index < -0.39 is 0 Å². The van der Waals surface area contributed by atoms with Crippen molar-refractivity contribution in [2.24, 2.45) is 0 Å². The fourth-order valence-corrected chi connectivity index (χ4v) is 1.33. The molecule has 16 heavy (non-hydrogen) atoms. The van der Waals surface area contributed by atoms with Crippen LogP contribution in [0.5, 0.6) is 5.75 Å². The van der Waals surface area contributed by atoms with E-state index in [1.165, 1.54) is 0 Å². The number of nitrogens with one attached hydrogen (secondary N) is 1. The third-order valence-electron chi connectivity index (χ3n) is 2.44. The summed E-state index contributed by atoms with van der Waals surface area (Å²) in [5.41, 5.74) is 0.941. The average molecular weight is 220 g/mol. The van der Waals surface area contributed by atoms with Crippen molar-refractivity contribution in [3.63, 3.8) is 0 Å². The van der Waals surface area contributed by atoms with Gasteiger partial charge in [-0.3, -0.25) is 4.79 Å². The minimum atomic E-state index is 0.0441. The molecule has 0 fully saturated rings. The highest BCUT2D eigenvalue weighted by Gasteiger charge is 2.06. The van der Waals surface area contributed by atoms with Crippen molar-refractivity contribution in [2.75, 3.05) is 7.11 Å². The topological polar surface area (TPSA) is 38.3 Å². The number of hydrogen-bond donors (Lipinski definition) is 1. The van der Waals surface area contributed by atoms with Crippen molar-refractivity contribution in [2.45, 2.75) is 32.7 Å². The number of rotatable bonds is 5. The van der Waals surface area contributed by atoms with Gasteiger partial charge in [0.15, 0.2) is 0 Å². The Kier molecular flexibility index (Phi) is 4.83. The third-order valence-corrected chi connectivity index (χ3v) is 2.44. The summed E-state index contributed by atoms with van der Waals surface area (Å²) in [5.74, 6) is 0.705. The van der Waals surface area contributed by atoms with Crippen LogP contribution in [0.25, 0.3) is 0 Å². The first-order chi connectivity index (χ1) is 7.65. The minimum absolute atomic E-state index is 0.0441. The number of hydrogen-bond acceptors (Lipinski definition) is 2. The monoisotopic (exact) mass is 220 g/mol. The summed E-state index contributed by atoms with van der Waals surface area (Å²) in [7, 11) is 1.59. The maximum atomic E-state index is 11.6. The van der Waals surface area contributed by atoms with Crippen LogP contribution in [0.15, 0.2) is 18.2 Å². The van der Waals surface area contributed by atoms with Crippen molar-refractivity contribution in [1.82, 2.24) is 5.32 Å². The van der Waals surface area contributed by atoms with E-state index in [1.807, 2.05) is 26.0 Å². The van der Waals surface area contributed by atoms with Crippen LogP contribution in [0.1, 0.15) is 25.8 Å². The summed E-state index contributed by atoms with van der Waals surface area (Å²) in [5, 5.41) is 2.93. The number of amides is 1. The molecule has 0 aliphatic carbocycles. The maximum absolute atomic E-state index is 11.6. The van der Waals surface area contributed by atoms with E-state index in [4.69, 9.17) is 4.74 Å². The van der Waals surface area contributed by atoms with E-state index in [-0.39, 0.29) is 11.9 Å². The molecule has 0 aliphatic heterocycles. The highest BCUT2D eigenvalue weighted by Crippen LogP contribution is 2.12. The van der Waals surface area contributed by atoms with Crippen LogP contribution in [0.4, 0.5) is 0 Å². The first-order valence-electron chi connectivity index (χ1n) is 5.49. The standard InChI is InChI=1S/C13H18NO2/c1-4-10(2)14-13(15)9-11-6-5-7-12(8-11)16-3/h5-6,8,10H,4,9H2,1-3H3,(H,14,15). The molecule has 0 aromatic heterocycles. The van der Waals surface area contributed by atoms with Crippen LogP contribution in [0.2, 0.25) is 0 Å². The smallest absolute Gasteiger partial charge is 0.224 e. The Balaban J connectivity index is 2.55. The largest absolute Gasteiger partial charge is 0.496 e. The van der Waals surface area contributed by atoms with Gasteiger partial charge >= 0.3 is 0 Å². The Morgan fingerprint density at radius 1 is 1.62 bits per heavy atom. The van der Waals surface area contributed by atoms with Crippen molar-refractivity contribution < 1.29 is 9.53 Å². The Labute approximate surface area is 96.8 Å². The molecule has 1 radical (unpaired) electrons. The predicted octanol–water partition coefficient (Wildman–Crippen LogP) is 1.95. The van der Waals surface area contributed by atoms with Crippen LogP contribution in [-0.4, -0.2) is 19.1 Å². The van der Waals surface area contributed by atoms with Gasteiger partial charge in [-0.2, -0.15) is 0 Å². The summed E-state index contributed by atoms with van der Waals surface area (Å²) < 4.78 is 5.05. The van der Waals surface area contributed by atoms with Crippen molar-refractivity contribution in [1.29, 1.82) is 0 Å². The molecule has 1 rings (SSSR count). The van der Waals surface area contributed by atoms with Gasteiger partial charge in [-0.1, -0.05) is 19.1 Å². The van der Waals surface area contributed by atoms with Crippen LogP contribution in [0.3, 0.4) is 0 Å². The molecule has 0 spiro atoms. The van der Waals surface area contributed by atoms with E-state index in [0.29, 0.717) is 12.2 Å². The van der Waals surface area contributed by atoms with Gasteiger partial charge in [0.1, 0.15) is 5.75 Å². The number of carbonyl (C=O) groups is 1. The molecule has 0 heterocycles. The lowest BCUT2D eigenvalue weighted by molar-refractivity contribution is -0.121. The second kappa shape index (κ2) is 6.16. The minimum Gasteiger partial charge on any atom is -0.496 e. The Morgan fingerprint density at radius 2 is 2.38 bits per heavy atom. The summed E-state index contributed by atoms with van der Waals surface area (Å²) in [6.07, 6.45) is 1.33. The van der Waals surface area contributed by atoms with Crippen molar-refractivity contribution >= 4 is 5.91 Å². The fraction of sp³-hybridized carbons (Fsp3) is 0.462. The van der Waals surface area contributed by atoms with Gasteiger partial charge in [-0.25, -0.2) is 0 Å².